The van der Waals surface area contributed by atoms with E-state index in [0.29, 0.717) is 6.54 Å². The Morgan fingerprint density at radius 1 is 1.36 bits per heavy atom. The van der Waals surface area contributed by atoms with E-state index in [2.05, 4.69) is 5.32 Å². The third-order valence-corrected chi connectivity index (χ3v) is 3.73. The molecule has 1 amide bonds. The van der Waals surface area contributed by atoms with Gasteiger partial charge in [0.05, 0.1) is 16.9 Å². The van der Waals surface area contributed by atoms with Gasteiger partial charge in [-0.15, -0.1) is 0 Å². The van der Waals surface area contributed by atoms with Gasteiger partial charge < -0.3 is 15.6 Å². The summed E-state index contributed by atoms with van der Waals surface area (Å²) in [6.07, 6.45) is 2.15. The Morgan fingerprint density at radius 3 is 2.68 bits per heavy atom. The van der Waals surface area contributed by atoms with Crippen LogP contribution in [0, 0.1) is 9.39 Å². The monoisotopic (exact) mass is 415 g/mol. The highest BCUT2D eigenvalue weighted by atomic mass is 127. The maximum Gasteiger partial charge on any atom is 0.252 e. The lowest BCUT2D eigenvalue weighted by molar-refractivity contribution is 0.1000. The topological polar surface area (TPSA) is 77.1 Å². The Labute approximate surface area is 140 Å². The van der Waals surface area contributed by atoms with Crippen molar-refractivity contribution in [3.63, 3.8) is 0 Å². The molecule has 0 bridgehead atoms. The number of aryl methyl sites for hydroxylation is 1. The van der Waals surface area contributed by atoms with Crippen LogP contribution in [0.1, 0.15) is 23.7 Å². The highest BCUT2D eigenvalue weighted by Gasteiger charge is 2.13. The van der Waals surface area contributed by atoms with Crippen molar-refractivity contribution < 1.29 is 9.18 Å². The first-order valence-electron chi connectivity index (χ1n) is 6.68. The standard InChI is InChI=1S/C15H15FIN3O2/c1-2-5-20-8-10(15(18)22)13(7-14(20)21)19-12-4-3-9(17)6-11(12)16/h3-4,6-8,19H,2,5H2,1H3,(H2,18,22). The molecule has 0 aliphatic rings. The number of hydrogen-bond acceptors (Lipinski definition) is 3. The van der Waals surface area contributed by atoms with Crippen LogP contribution in [0.5, 0.6) is 0 Å². The van der Waals surface area contributed by atoms with Gasteiger partial charge in [-0.3, -0.25) is 9.59 Å². The molecule has 1 aromatic heterocycles. The highest BCUT2D eigenvalue weighted by Crippen LogP contribution is 2.23. The fraction of sp³-hybridized carbons (Fsp3) is 0.200. The third kappa shape index (κ3) is 3.65. The molecule has 0 spiro atoms. The van der Waals surface area contributed by atoms with Gasteiger partial charge in [0, 0.05) is 22.4 Å². The van der Waals surface area contributed by atoms with Gasteiger partial charge in [-0.1, -0.05) is 6.92 Å². The van der Waals surface area contributed by atoms with Crippen molar-refractivity contribution in [1.82, 2.24) is 4.57 Å². The molecule has 5 nitrogen and oxygen atoms in total. The van der Waals surface area contributed by atoms with E-state index in [9.17, 15) is 14.0 Å². The summed E-state index contributed by atoms with van der Waals surface area (Å²) in [4.78, 5) is 23.6. The molecule has 0 fully saturated rings. The summed E-state index contributed by atoms with van der Waals surface area (Å²) in [5, 5.41) is 2.77. The van der Waals surface area contributed by atoms with E-state index < -0.39 is 11.7 Å². The number of carbonyl (C=O) groups excluding carboxylic acids is 1. The van der Waals surface area contributed by atoms with Gasteiger partial charge in [-0.25, -0.2) is 4.39 Å². The summed E-state index contributed by atoms with van der Waals surface area (Å²) in [7, 11) is 0. The van der Waals surface area contributed by atoms with Gasteiger partial charge in [0.2, 0.25) is 0 Å². The lowest BCUT2D eigenvalue weighted by Gasteiger charge is -2.13. The second-order valence-electron chi connectivity index (χ2n) is 4.75. The van der Waals surface area contributed by atoms with Crippen LogP contribution in [-0.2, 0) is 6.54 Å². The number of pyridine rings is 1. The lowest BCUT2D eigenvalue weighted by Crippen LogP contribution is -2.24. The van der Waals surface area contributed by atoms with E-state index in [1.807, 2.05) is 29.5 Å². The molecule has 0 atom stereocenters. The van der Waals surface area contributed by atoms with E-state index >= 15 is 0 Å². The second kappa shape index (κ2) is 6.91. The summed E-state index contributed by atoms with van der Waals surface area (Å²) >= 11 is 1.99. The average molecular weight is 415 g/mol. The normalized spacial score (nSPS) is 10.5. The molecule has 3 N–H and O–H groups in total. The summed E-state index contributed by atoms with van der Waals surface area (Å²) in [6, 6.07) is 5.87. The van der Waals surface area contributed by atoms with Crippen LogP contribution in [0.4, 0.5) is 15.8 Å². The first-order chi connectivity index (χ1) is 10.4. The number of aromatic nitrogens is 1. The van der Waals surface area contributed by atoms with Crippen LogP contribution < -0.4 is 16.6 Å². The number of amides is 1. The number of nitrogens with zero attached hydrogens (tertiary/aromatic N) is 1. The summed E-state index contributed by atoms with van der Waals surface area (Å²) in [5.41, 5.74) is 5.60. The Morgan fingerprint density at radius 2 is 2.09 bits per heavy atom. The van der Waals surface area contributed by atoms with Crippen molar-refractivity contribution in [1.29, 1.82) is 0 Å². The molecular formula is C15H15FIN3O2. The van der Waals surface area contributed by atoms with Crippen molar-refractivity contribution in [2.24, 2.45) is 5.73 Å². The van der Waals surface area contributed by atoms with Crippen LogP contribution in [0.3, 0.4) is 0 Å². The predicted octanol–water partition coefficient (Wildman–Crippen LogP) is 2.84. The molecule has 116 valence electrons. The van der Waals surface area contributed by atoms with E-state index in [1.165, 1.54) is 22.9 Å². The van der Waals surface area contributed by atoms with Gasteiger partial charge in [0.1, 0.15) is 5.82 Å². The molecule has 1 aromatic carbocycles. The summed E-state index contributed by atoms with van der Waals surface area (Å²) in [6.45, 7) is 2.40. The molecule has 22 heavy (non-hydrogen) atoms. The smallest absolute Gasteiger partial charge is 0.252 e. The molecule has 0 radical (unpaired) electrons. The van der Waals surface area contributed by atoms with Gasteiger partial charge in [-0.2, -0.15) is 0 Å². The second-order valence-corrected chi connectivity index (χ2v) is 5.99. The molecule has 2 rings (SSSR count). The molecule has 0 unspecified atom stereocenters. The fourth-order valence-corrected chi connectivity index (χ4v) is 2.48. The SMILES string of the molecule is CCCn1cc(C(N)=O)c(Nc2ccc(I)cc2F)cc1=O. The van der Waals surface area contributed by atoms with Crippen molar-refractivity contribution in [3.05, 3.63) is 55.8 Å². The quantitative estimate of drug-likeness (QED) is 0.738. The first-order valence-corrected chi connectivity index (χ1v) is 7.76. The van der Waals surface area contributed by atoms with E-state index in [1.54, 1.807) is 12.1 Å². The fourth-order valence-electron chi connectivity index (χ4n) is 2.02. The number of hydrogen-bond donors (Lipinski definition) is 2. The summed E-state index contributed by atoms with van der Waals surface area (Å²) < 4.78 is 16.1. The largest absolute Gasteiger partial charge is 0.365 e. The Hall–Kier alpha value is -1.90. The first kappa shape index (κ1) is 16.5. The molecule has 0 saturated heterocycles. The Balaban J connectivity index is 2.47. The number of benzene rings is 1. The van der Waals surface area contributed by atoms with E-state index in [0.717, 1.165) is 9.99 Å². The minimum absolute atomic E-state index is 0.144. The minimum atomic E-state index is -0.682. The van der Waals surface area contributed by atoms with E-state index in [4.69, 9.17) is 5.73 Å². The van der Waals surface area contributed by atoms with Gasteiger partial charge in [-0.05, 0) is 47.2 Å². The number of carbonyl (C=O) groups is 1. The lowest BCUT2D eigenvalue weighted by atomic mass is 10.2. The van der Waals surface area contributed by atoms with Crippen molar-refractivity contribution in [2.45, 2.75) is 19.9 Å². The zero-order valence-corrected chi connectivity index (χ0v) is 14.1. The molecule has 0 saturated carbocycles. The molecule has 2 aromatic rings. The molecule has 0 aliphatic carbocycles. The van der Waals surface area contributed by atoms with Crippen molar-refractivity contribution in [2.75, 3.05) is 5.32 Å². The zero-order valence-electron chi connectivity index (χ0n) is 11.9. The van der Waals surface area contributed by atoms with Crippen LogP contribution >= 0.6 is 22.6 Å². The number of nitrogens with one attached hydrogen (secondary N) is 1. The average Bonchev–Trinajstić information content (AvgIpc) is 2.44. The van der Waals surface area contributed by atoms with Crippen molar-refractivity contribution in [3.8, 4) is 0 Å². The number of primary amides is 1. The minimum Gasteiger partial charge on any atom is -0.365 e. The van der Waals surface area contributed by atoms with Gasteiger partial charge in [0.25, 0.3) is 11.5 Å². The van der Waals surface area contributed by atoms with Crippen LogP contribution in [0.2, 0.25) is 0 Å². The zero-order chi connectivity index (χ0) is 16.3. The maximum absolute atomic E-state index is 13.9. The Bertz CT molecular complexity index is 774. The summed E-state index contributed by atoms with van der Waals surface area (Å²) in [5.74, 6) is -1.15. The molecule has 7 heteroatoms. The maximum atomic E-state index is 13.9. The van der Waals surface area contributed by atoms with Gasteiger partial charge >= 0.3 is 0 Å². The number of halogens is 2. The predicted molar refractivity (Wildman–Crippen MR) is 91.9 cm³/mol. The number of rotatable bonds is 5. The molecule has 0 aliphatic heterocycles. The molecule has 1 heterocycles. The number of nitrogens with two attached hydrogens (primary N) is 1. The van der Waals surface area contributed by atoms with E-state index in [-0.39, 0.29) is 22.5 Å². The Kier molecular flexibility index (Phi) is 5.17. The van der Waals surface area contributed by atoms with Crippen molar-refractivity contribution >= 4 is 39.9 Å². The van der Waals surface area contributed by atoms with Gasteiger partial charge in [0.15, 0.2) is 0 Å². The third-order valence-electron chi connectivity index (χ3n) is 3.06. The molecular weight excluding hydrogens is 400 g/mol. The highest BCUT2D eigenvalue weighted by molar-refractivity contribution is 14.1. The van der Waals surface area contributed by atoms with Crippen LogP contribution in [0.25, 0.3) is 0 Å². The number of anilines is 2. The van der Waals surface area contributed by atoms with Crippen LogP contribution in [0.15, 0.2) is 35.3 Å². The van der Waals surface area contributed by atoms with Crippen LogP contribution in [-0.4, -0.2) is 10.5 Å².